The molecule has 206 valence electrons. The van der Waals surface area contributed by atoms with Crippen molar-refractivity contribution in [2.75, 3.05) is 17.2 Å². The Kier molecular flexibility index (Phi) is 7.28. The summed E-state index contributed by atoms with van der Waals surface area (Å²) in [5.74, 6) is 0.266. The molecule has 3 aromatic carbocycles. The number of rotatable bonds is 9. The van der Waals surface area contributed by atoms with Gasteiger partial charge in [-0.15, -0.1) is 5.10 Å². The van der Waals surface area contributed by atoms with Crippen molar-refractivity contribution in [1.29, 1.82) is 0 Å². The third-order valence-electron chi connectivity index (χ3n) is 6.59. The van der Waals surface area contributed by atoms with Gasteiger partial charge < -0.3 is 15.4 Å². The number of fused-ring (bicyclic) bond motifs is 1. The summed E-state index contributed by atoms with van der Waals surface area (Å²) in [6.45, 7) is 1.42. The largest absolute Gasteiger partial charge is 0.489 e. The van der Waals surface area contributed by atoms with Gasteiger partial charge in [0.15, 0.2) is 5.69 Å². The minimum Gasteiger partial charge on any atom is -0.489 e. The number of nitrogen functional groups attached to an aromatic ring is 1. The van der Waals surface area contributed by atoms with E-state index in [9.17, 15) is 4.79 Å². The Balaban J connectivity index is 1.18. The van der Waals surface area contributed by atoms with E-state index in [4.69, 9.17) is 26.7 Å². The van der Waals surface area contributed by atoms with Crippen LogP contribution >= 0.6 is 11.6 Å². The van der Waals surface area contributed by atoms with E-state index in [-0.39, 0.29) is 17.3 Å². The van der Waals surface area contributed by atoms with Crippen LogP contribution in [0.4, 0.5) is 11.5 Å². The lowest BCUT2D eigenvalue weighted by molar-refractivity contribution is 0.0949. The maximum atomic E-state index is 13.2. The van der Waals surface area contributed by atoms with Crippen molar-refractivity contribution in [3.8, 4) is 11.6 Å². The quantitative estimate of drug-likeness (QED) is 0.200. The van der Waals surface area contributed by atoms with Crippen LogP contribution < -0.4 is 20.8 Å². The number of nitrogens with one attached hydrogen (secondary N) is 1. The van der Waals surface area contributed by atoms with Crippen molar-refractivity contribution in [2.45, 2.75) is 19.6 Å². The number of hydrogen-bond acceptors (Lipinski definition) is 10. The first kappa shape index (κ1) is 26.0. The van der Waals surface area contributed by atoms with Crippen LogP contribution in [0, 0.1) is 0 Å². The van der Waals surface area contributed by atoms with Crippen molar-refractivity contribution >= 4 is 35.2 Å². The lowest BCUT2D eigenvalue weighted by Gasteiger charge is -2.19. The van der Waals surface area contributed by atoms with Gasteiger partial charge in [0.2, 0.25) is 11.6 Å². The molecule has 5 aromatic rings. The third kappa shape index (κ3) is 5.58. The monoisotopic (exact) mass is 569 g/mol. The Hall–Kier alpha value is -5.23. The van der Waals surface area contributed by atoms with E-state index in [0.29, 0.717) is 29.6 Å². The normalized spacial score (nSPS) is 12.6. The summed E-state index contributed by atoms with van der Waals surface area (Å²) < 4.78 is 12.0. The molecule has 0 aliphatic carbocycles. The van der Waals surface area contributed by atoms with Gasteiger partial charge in [-0.2, -0.15) is 9.78 Å². The van der Waals surface area contributed by atoms with E-state index in [2.05, 4.69) is 42.1 Å². The fourth-order valence-corrected chi connectivity index (χ4v) is 4.75. The maximum Gasteiger partial charge on any atom is 0.293 e. The van der Waals surface area contributed by atoms with Crippen LogP contribution in [0.25, 0.3) is 5.82 Å². The summed E-state index contributed by atoms with van der Waals surface area (Å²) in [4.78, 5) is 15.4. The summed E-state index contributed by atoms with van der Waals surface area (Å²) in [7, 11) is 0. The molecule has 0 atom stereocenters. The lowest BCUT2D eigenvalue weighted by Crippen LogP contribution is -2.26. The van der Waals surface area contributed by atoms with Crippen LogP contribution in [0.1, 0.15) is 32.9 Å². The molecule has 13 heteroatoms. The summed E-state index contributed by atoms with van der Waals surface area (Å²) in [5.41, 5.74) is 12.9. The molecule has 0 spiro atoms. The summed E-state index contributed by atoms with van der Waals surface area (Å²) in [6.07, 6.45) is 2.40. The Labute approximate surface area is 239 Å². The Morgan fingerprint density at radius 3 is 2.83 bits per heavy atom. The van der Waals surface area contributed by atoms with Gasteiger partial charge in [0, 0.05) is 22.8 Å². The molecule has 1 aliphatic rings. The molecule has 0 bridgehead atoms. The zero-order valence-corrected chi connectivity index (χ0v) is 22.4. The van der Waals surface area contributed by atoms with Crippen molar-refractivity contribution in [1.82, 2.24) is 30.7 Å². The zero-order chi connectivity index (χ0) is 28.2. The van der Waals surface area contributed by atoms with Crippen LogP contribution in [0.3, 0.4) is 0 Å². The second-order valence-electron chi connectivity index (χ2n) is 9.22. The number of nitrogens with two attached hydrogens (primary N) is 1. The number of benzene rings is 3. The van der Waals surface area contributed by atoms with Crippen LogP contribution in [0.5, 0.6) is 5.75 Å². The molecule has 0 fully saturated rings. The van der Waals surface area contributed by atoms with Gasteiger partial charge in [0.25, 0.3) is 5.91 Å². The molecule has 0 radical (unpaired) electrons. The van der Waals surface area contributed by atoms with E-state index in [1.807, 2.05) is 60.7 Å². The van der Waals surface area contributed by atoms with Gasteiger partial charge in [0.1, 0.15) is 12.4 Å². The molecule has 2 aromatic heterocycles. The molecule has 6 rings (SSSR count). The zero-order valence-electron chi connectivity index (χ0n) is 21.6. The number of hydrogen-bond donors (Lipinski definition) is 2. The van der Waals surface area contributed by atoms with Gasteiger partial charge in [-0.1, -0.05) is 65.3 Å². The Morgan fingerprint density at radius 2 is 1.98 bits per heavy atom. The standard InChI is InChI=1S/C28H24ClN9O3/c29-22-10-3-1-8-20(22)17-40-21-9-5-6-18(14-21)15-31-33-28(39)25-24(38(36-32-25)27-26(30)34-41-35-27)16-37-13-12-19-7-2-4-11-23(19)37/h1-11,14-15H,12-13,16-17H2,(H2,30,34)(H,33,39)/b31-15-. The van der Waals surface area contributed by atoms with Crippen molar-refractivity contribution in [3.63, 3.8) is 0 Å². The fraction of sp³-hybridized carbons (Fsp3) is 0.143. The number of halogens is 1. The first-order valence-corrected chi connectivity index (χ1v) is 13.1. The van der Waals surface area contributed by atoms with Crippen LogP contribution in [-0.2, 0) is 19.6 Å². The van der Waals surface area contributed by atoms with Gasteiger partial charge in [-0.05, 0) is 52.1 Å². The van der Waals surface area contributed by atoms with Crippen LogP contribution in [0.2, 0.25) is 5.02 Å². The average Bonchev–Trinajstić information content (AvgIpc) is 3.71. The highest BCUT2D eigenvalue weighted by molar-refractivity contribution is 6.31. The highest BCUT2D eigenvalue weighted by Gasteiger charge is 2.28. The molecule has 3 N–H and O–H groups in total. The minimum absolute atomic E-state index is 0.0274. The number of ether oxygens (including phenoxy) is 1. The van der Waals surface area contributed by atoms with Gasteiger partial charge in [0.05, 0.1) is 18.5 Å². The fourth-order valence-electron chi connectivity index (χ4n) is 4.56. The highest BCUT2D eigenvalue weighted by atomic mass is 35.5. The van der Waals surface area contributed by atoms with Crippen molar-refractivity contribution in [2.24, 2.45) is 5.10 Å². The van der Waals surface area contributed by atoms with Gasteiger partial charge >= 0.3 is 0 Å². The first-order valence-electron chi connectivity index (χ1n) is 12.7. The highest BCUT2D eigenvalue weighted by Crippen LogP contribution is 2.30. The van der Waals surface area contributed by atoms with Crippen LogP contribution in [-0.4, -0.2) is 44.0 Å². The molecule has 1 amide bonds. The molecule has 3 heterocycles. The Bertz CT molecular complexity index is 1730. The SMILES string of the molecule is Nc1nonc1-n1nnc(C(=O)N/N=C\c2cccc(OCc3ccccc3Cl)c2)c1CN1CCc2ccccc21. The second kappa shape index (κ2) is 11.5. The summed E-state index contributed by atoms with van der Waals surface area (Å²) in [5, 5.41) is 20.5. The number of anilines is 2. The second-order valence-corrected chi connectivity index (χ2v) is 9.63. The molecular weight excluding hydrogens is 546 g/mol. The molecule has 0 saturated heterocycles. The number of nitrogens with zero attached hydrogens (tertiary/aromatic N) is 7. The predicted octanol–water partition coefficient (Wildman–Crippen LogP) is 3.79. The van der Waals surface area contributed by atoms with E-state index < -0.39 is 5.91 Å². The molecule has 1 aliphatic heterocycles. The lowest BCUT2D eigenvalue weighted by atomic mass is 10.2. The van der Waals surface area contributed by atoms with Crippen molar-refractivity contribution < 1.29 is 14.2 Å². The minimum atomic E-state index is -0.545. The number of carbonyl (C=O) groups is 1. The smallest absolute Gasteiger partial charge is 0.293 e. The third-order valence-corrected chi connectivity index (χ3v) is 6.96. The summed E-state index contributed by atoms with van der Waals surface area (Å²) >= 11 is 6.22. The number of hydrazone groups is 1. The van der Waals surface area contributed by atoms with Gasteiger partial charge in [-0.25, -0.2) is 10.1 Å². The van der Waals surface area contributed by atoms with E-state index in [1.165, 1.54) is 16.5 Å². The number of aromatic nitrogens is 5. The average molecular weight is 570 g/mol. The van der Waals surface area contributed by atoms with E-state index >= 15 is 0 Å². The number of carbonyl (C=O) groups excluding carboxylic acids is 1. The number of para-hydroxylation sites is 1. The molecular formula is C28H24ClN9O3. The Morgan fingerprint density at radius 1 is 1.12 bits per heavy atom. The predicted molar refractivity (Wildman–Crippen MR) is 152 cm³/mol. The maximum absolute atomic E-state index is 13.2. The topological polar surface area (TPSA) is 150 Å². The first-order chi connectivity index (χ1) is 20.1. The van der Waals surface area contributed by atoms with Crippen molar-refractivity contribution in [3.05, 3.63) is 106 Å². The molecule has 12 nitrogen and oxygen atoms in total. The van der Waals surface area contributed by atoms with Crippen LogP contribution in [0.15, 0.2) is 82.5 Å². The van der Waals surface area contributed by atoms with E-state index in [0.717, 1.165) is 29.8 Å². The summed E-state index contributed by atoms with van der Waals surface area (Å²) in [6, 6.07) is 22.9. The molecule has 0 unspecified atom stereocenters. The number of amides is 1. The molecule has 41 heavy (non-hydrogen) atoms. The van der Waals surface area contributed by atoms with E-state index in [1.54, 1.807) is 6.07 Å². The van der Waals surface area contributed by atoms with Gasteiger partial charge in [-0.3, -0.25) is 4.79 Å². The molecule has 0 saturated carbocycles.